The zero-order valence-corrected chi connectivity index (χ0v) is 19.1. The third kappa shape index (κ3) is 5.63. The third-order valence-electron chi connectivity index (χ3n) is 4.63. The molecule has 0 saturated carbocycles. The molecule has 2 aromatic carbocycles. The monoisotopic (exact) mass is 456 g/mol. The molecule has 0 aliphatic heterocycles. The second-order valence-corrected chi connectivity index (χ2v) is 10.1. The van der Waals surface area contributed by atoms with Gasteiger partial charge in [-0.15, -0.1) is 6.42 Å². The van der Waals surface area contributed by atoms with E-state index in [1.165, 1.54) is 17.4 Å². The molecule has 31 heavy (non-hydrogen) atoms. The van der Waals surface area contributed by atoms with Crippen molar-refractivity contribution in [2.75, 3.05) is 12.9 Å². The molecule has 162 valence electrons. The molecule has 0 saturated heterocycles. The molecule has 0 fully saturated rings. The molecule has 1 heterocycles. The number of hydrogen-bond acceptors (Lipinski definition) is 5. The van der Waals surface area contributed by atoms with Gasteiger partial charge in [-0.05, 0) is 42.8 Å². The van der Waals surface area contributed by atoms with E-state index in [-0.39, 0.29) is 11.4 Å². The summed E-state index contributed by atoms with van der Waals surface area (Å²) >= 11 is 1.22. The molecule has 1 aromatic heterocycles. The number of benzene rings is 2. The predicted octanol–water partition coefficient (Wildman–Crippen LogP) is 4.05. The van der Waals surface area contributed by atoms with E-state index in [4.69, 9.17) is 11.2 Å². The van der Waals surface area contributed by atoms with Crippen molar-refractivity contribution >= 4 is 37.3 Å². The summed E-state index contributed by atoms with van der Waals surface area (Å²) in [5, 5.41) is 0. The van der Waals surface area contributed by atoms with Gasteiger partial charge in [0.05, 0.1) is 28.3 Å². The molecule has 8 heteroatoms. The Morgan fingerprint density at radius 1 is 1.23 bits per heavy atom. The van der Waals surface area contributed by atoms with E-state index in [1.54, 1.807) is 34.9 Å². The molecule has 0 unspecified atom stereocenters. The largest absolute Gasteiger partial charge is 0.494 e. The van der Waals surface area contributed by atoms with Gasteiger partial charge >= 0.3 is 0 Å². The summed E-state index contributed by atoms with van der Waals surface area (Å²) < 4.78 is 31.9. The predicted molar refractivity (Wildman–Crippen MR) is 123 cm³/mol. The van der Waals surface area contributed by atoms with E-state index in [0.29, 0.717) is 27.4 Å². The van der Waals surface area contributed by atoms with Gasteiger partial charge in [0.15, 0.2) is 14.6 Å². The zero-order valence-electron chi connectivity index (χ0n) is 17.5. The molecule has 6 nitrogen and oxygen atoms in total. The first-order valence-electron chi connectivity index (χ1n) is 9.92. The van der Waals surface area contributed by atoms with Crippen LogP contribution in [0.4, 0.5) is 0 Å². The molecular formula is C23H24N2O4S2. The SMILES string of the molecule is C#CCn1c(=NC(=O)c2cccc(OCCCCC)c2)sc2cc(S(C)(=O)=O)ccc21. The number of carbonyl (C=O) groups is 1. The Morgan fingerprint density at radius 2 is 2.03 bits per heavy atom. The van der Waals surface area contributed by atoms with Crippen molar-refractivity contribution in [2.24, 2.45) is 4.99 Å². The maximum Gasteiger partial charge on any atom is 0.279 e. The number of amides is 1. The fourth-order valence-corrected chi connectivity index (χ4v) is 4.81. The number of carbonyl (C=O) groups excluding carboxylic acids is 1. The summed E-state index contributed by atoms with van der Waals surface area (Å²) in [6.07, 6.45) is 9.82. The number of terminal acetylenes is 1. The zero-order chi connectivity index (χ0) is 22.4. The number of rotatable bonds is 8. The number of nitrogens with zero attached hydrogens (tertiary/aromatic N) is 2. The number of aromatic nitrogens is 1. The van der Waals surface area contributed by atoms with E-state index < -0.39 is 15.7 Å². The van der Waals surface area contributed by atoms with Gasteiger partial charge in [-0.1, -0.05) is 43.1 Å². The highest BCUT2D eigenvalue weighted by Gasteiger charge is 2.13. The first-order chi connectivity index (χ1) is 14.8. The van der Waals surface area contributed by atoms with Crippen LogP contribution in [0.25, 0.3) is 10.2 Å². The Balaban J connectivity index is 1.97. The number of unbranched alkanes of at least 4 members (excludes halogenated alkanes) is 2. The summed E-state index contributed by atoms with van der Waals surface area (Å²) in [6.45, 7) is 2.94. The summed E-state index contributed by atoms with van der Waals surface area (Å²) in [5.74, 6) is 2.77. The van der Waals surface area contributed by atoms with Crippen LogP contribution in [0.15, 0.2) is 52.4 Å². The highest BCUT2D eigenvalue weighted by Crippen LogP contribution is 2.22. The van der Waals surface area contributed by atoms with Crippen molar-refractivity contribution < 1.29 is 17.9 Å². The van der Waals surface area contributed by atoms with Crippen LogP contribution in [-0.4, -0.2) is 31.8 Å². The van der Waals surface area contributed by atoms with E-state index in [0.717, 1.165) is 31.0 Å². The van der Waals surface area contributed by atoms with Gasteiger partial charge in [0.2, 0.25) is 0 Å². The molecule has 0 radical (unpaired) electrons. The summed E-state index contributed by atoms with van der Waals surface area (Å²) in [7, 11) is -3.35. The Bertz CT molecular complexity index is 1310. The van der Waals surface area contributed by atoms with Crippen molar-refractivity contribution in [1.29, 1.82) is 0 Å². The molecule has 3 rings (SSSR count). The third-order valence-corrected chi connectivity index (χ3v) is 6.78. The fraction of sp³-hybridized carbons (Fsp3) is 0.304. The molecule has 1 amide bonds. The lowest BCUT2D eigenvalue weighted by Crippen LogP contribution is -2.16. The van der Waals surface area contributed by atoms with Gasteiger partial charge in [0.25, 0.3) is 5.91 Å². The van der Waals surface area contributed by atoms with Crippen LogP contribution >= 0.6 is 11.3 Å². The first kappa shape index (κ1) is 22.8. The fourth-order valence-electron chi connectivity index (χ4n) is 3.03. The number of hydrogen-bond donors (Lipinski definition) is 0. The Morgan fingerprint density at radius 3 is 2.74 bits per heavy atom. The molecule has 0 bridgehead atoms. The Kier molecular flexibility index (Phi) is 7.31. The normalized spacial score (nSPS) is 12.1. The minimum Gasteiger partial charge on any atom is -0.494 e. The van der Waals surface area contributed by atoms with Gasteiger partial charge in [-0.3, -0.25) is 4.79 Å². The van der Waals surface area contributed by atoms with Gasteiger partial charge in [0.1, 0.15) is 5.75 Å². The van der Waals surface area contributed by atoms with Crippen molar-refractivity contribution in [1.82, 2.24) is 4.57 Å². The van der Waals surface area contributed by atoms with Crippen molar-refractivity contribution in [3.8, 4) is 18.1 Å². The maximum absolute atomic E-state index is 12.8. The van der Waals surface area contributed by atoms with Gasteiger partial charge in [0, 0.05) is 11.8 Å². The molecule has 0 atom stereocenters. The summed E-state index contributed by atoms with van der Waals surface area (Å²) in [5.41, 5.74) is 1.14. The Labute approximate surface area is 186 Å². The summed E-state index contributed by atoms with van der Waals surface area (Å²) in [6, 6.07) is 11.7. The lowest BCUT2D eigenvalue weighted by Gasteiger charge is -2.06. The highest BCUT2D eigenvalue weighted by molar-refractivity contribution is 7.90. The van der Waals surface area contributed by atoms with Crippen LogP contribution < -0.4 is 9.54 Å². The van der Waals surface area contributed by atoms with Gasteiger partial charge in [-0.25, -0.2) is 8.42 Å². The standard InChI is InChI=1S/C23H24N2O4S2/c1-4-6-7-14-29-18-10-8-9-17(15-18)22(26)24-23-25(13-5-2)20-12-11-19(31(3,27)28)16-21(20)30-23/h2,8-12,15-16H,4,6-7,13-14H2,1,3H3. The average molecular weight is 457 g/mol. The van der Waals surface area contributed by atoms with Crippen LogP contribution in [0.5, 0.6) is 5.75 Å². The molecule has 0 N–H and O–H groups in total. The lowest BCUT2D eigenvalue weighted by molar-refractivity contribution is 0.0997. The molecular weight excluding hydrogens is 432 g/mol. The van der Waals surface area contributed by atoms with Gasteiger partial charge in [-0.2, -0.15) is 4.99 Å². The van der Waals surface area contributed by atoms with Crippen LogP contribution in [0.1, 0.15) is 36.5 Å². The number of fused-ring (bicyclic) bond motifs is 1. The van der Waals surface area contributed by atoms with Crippen LogP contribution in [-0.2, 0) is 16.4 Å². The molecule has 3 aromatic rings. The van der Waals surface area contributed by atoms with Crippen molar-refractivity contribution in [2.45, 2.75) is 37.6 Å². The van der Waals surface area contributed by atoms with E-state index in [1.807, 2.05) is 6.07 Å². The first-order valence-corrected chi connectivity index (χ1v) is 12.6. The van der Waals surface area contributed by atoms with Crippen LogP contribution in [0.3, 0.4) is 0 Å². The van der Waals surface area contributed by atoms with E-state index in [9.17, 15) is 13.2 Å². The van der Waals surface area contributed by atoms with Crippen molar-refractivity contribution in [3.05, 3.63) is 52.8 Å². The highest BCUT2D eigenvalue weighted by atomic mass is 32.2. The minimum absolute atomic E-state index is 0.208. The van der Waals surface area contributed by atoms with Gasteiger partial charge < -0.3 is 9.30 Å². The molecule has 0 spiro atoms. The van der Waals surface area contributed by atoms with E-state index in [2.05, 4.69) is 17.8 Å². The molecule has 0 aliphatic carbocycles. The maximum atomic E-state index is 12.8. The van der Waals surface area contributed by atoms with Crippen LogP contribution in [0, 0.1) is 12.3 Å². The van der Waals surface area contributed by atoms with E-state index >= 15 is 0 Å². The quantitative estimate of drug-likeness (QED) is 0.378. The van der Waals surface area contributed by atoms with Crippen LogP contribution in [0.2, 0.25) is 0 Å². The number of thiazole rings is 1. The average Bonchev–Trinajstić information content (AvgIpc) is 3.07. The smallest absolute Gasteiger partial charge is 0.279 e. The topological polar surface area (TPSA) is 77.7 Å². The second-order valence-electron chi connectivity index (χ2n) is 7.08. The Hall–Kier alpha value is -2.89. The van der Waals surface area contributed by atoms with Crippen molar-refractivity contribution in [3.63, 3.8) is 0 Å². The molecule has 0 aliphatic rings. The summed E-state index contributed by atoms with van der Waals surface area (Å²) in [4.78, 5) is 17.7. The number of sulfone groups is 1. The second kappa shape index (κ2) is 9.94. The number of ether oxygens (including phenoxy) is 1. The lowest BCUT2D eigenvalue weighted by atomic mass is 10.2. The minimum atomic E-state index is -3.35.